The molecular weight excluding hydrogens is 308 g/mol. The van der Waals surface area contributed by atoms with E-state index in [0.717, 1.165) is 31.1 Å². The monoisotopic (exact) mass is 334 g/mol. The molecule has 4 atom stereocenters. The summed E-state index contributed by atoms with van der Waals surface area (Å²) in [6, 6.07) is 19.7. The number of carbonyl (C=O) groups excluding carboxylic acids is 2. The van der Waals surface area contributed by atoms with Crippen molar-refractivity contribution in [3.05, 3.63) is 71.8 Å². The molecule has 0 aliphatic heterocycles. The molecule has 3 rings (SSSR count). The minimum atomic E-state index is 0.0533. The number of hydrogen-bond acceptors (Lipinski definition) is 2. The Morgan fingerprint density at radius 2 is 1.68 bits per heavy atom. The van der Waals surface area contributed by atoms with Crippen molar-refractivity contribution in [1.82, 2.24) is 0 Å². The molecule has 0 saturated heterocycles. The highest BCUT2D eigenvalue weighted by Gasteiger charge is 2.35. The normalized spacial score (nSPS) is 24.4. The van der Waals surface area contributed by atoms with Gasteiger partial charge in [-0.05, 0) is 36.2 Å². The minimum absolute atomic E-state index is 0.0533. The number of benzene rings is 2. The average Bonchev–Trinajstić information content (AvgIpc) is 2.67. The zero-order chi connectivity index (χ0) is 17.6. The Morgan fingerprint density at radius 3 is 2.32 bits per heavy atom. The van der Waals surface area contributed by atoms with Gasteiger partial charge in [-0.25, -0.2) is 0 Å². The molecule has 0 aromatic heterocycles. The van der Waals surface area contributed by atoms with E-state index in [1.807, 2.05) is 48.5 Å². The van der Waals surface area contributed by atoms with Gasteiger partial charge < -0.3 is 4.79 Å². The number of rotatable bonds is 6. The number of aldehydes is 1. The van der Waals surface area contributed by atoms with Crippen LogP contribution in [0.15, 0.2) is 60.7 Å². The number of hydrogen-bond donors (Lipinski definition) is 0. The van der Waals surface area contributed by atoms with Gasteiger partial charge in [-0.2, -0.15) is 0 Å². The maximum Gasteiger partial charge on any atom is 0.163 e. The highest BCUT2D eigenvalue weighted by Crippen LogP contribution is 2.43. The molecule has 4 unspecified atom stereocenters. The van der Waals surface area contributed by atoms with E-state index in [9.17, 15) is 9.59 Å². The highest BCUT2D eigenvalue weighted by molar-refractivity contribution is 5.96. The Kier molecular flexibility index (Phi) is 5.80. The molecule has 0 spiro atoms. The van der Waals surface area contributed by atoms with Gasteiger partial charge in [0.15, 0.2) is 5.78 Å². The Morgan fingerprint density at radius 1 is 1.04 bits per heavy atom. The van der Waals surface area contributed by atoms with Gasteiger partial charge in [0.25, 0.3) is 0 Å². The molecule has 2 aromatic carbocycles. The van der Waals surface area contributed by atoms with Gasteiger partial charge in [-0.1, -0.05) is 74.0 Å². The maximum absolute atomic E-state index is 12.8. The summed E-state index contributed by atoms with van der Waals surface area (Å²) in [5, 5.41) is 0. The summed E-state index contributed by atoms with van der Waals surface area (Å²) in [6.45, 7) is 2.22. The van der Waals surface area contributed by atoms with Gasteiger partial charge in [0.1, 0.15) is 6.29 Å². The van der Waals surface area contributed by atoms with E-state index in [1.165, 1.54) is 5.56 Å². The standard InChI is InChI=1S/C23H26O2/c1-17-12-13-21(20(14-17)16-24)22(18-8-4-2-5-9-18)15-23(25)19-10-6-3-7-11-19/h2-11,16-17,20-22H,12-15H2,1H3. The topological polar surface area (TPSA) is 34.1 Å². The summed E-state index contributed by atoms with van der Waals surface area (Å²) in [4.78, 5) is 24.6. The predicted molar refractivity (Wildman–Crippen MR) is 101 cm³/mol. The number of ketones is 1. The third kappa shape index (κ3) is 4.25. The van der Waals surface area contributed by atoms with Crippen LogP contribution in [0, 0.1) is 17.8 Å². The first-order chi connectivity index (χ1) is 12.2. The van der Waals surface area contributed by atoms with Crippen molar-refractivity contribution in [2.24, 2.45) is 17.8 Å². The summed E-state index contributed by atoms with van der Waals surface area (Å²) in [5.74, 6) is 1.17. The lowest BCUT2D eigenvalue weighted by Gasteiger charge is -2.37. The fraction of sp³-hybridized carbons (Fsp3) is 0.391. The Labute approximate surface area is 150 Å². The lowest BCUT2D eigenvalue weighted by Crippen LogP contribution is -2.31. The fourth-order valence-corrected chi connectivity index (χ4v) is 4.26. The molecule has 1 saturated carbocycles. The average molecular weight is 334 g/mol. The molecular formula is C23H26O2. The van der Waals surface area contributed by atoms with Gasteiger partial charge >= 0.3 is 0 Å². The first kappa shape index (κ1) is 17.6. The van der Waals surface area contributed by atoms with Crippen LogP contribution in [0.4, 0.5) is 0 Å². The second-order valence-electron chi connectivity index (χ2n) is 7.39. The Balaban J connectivity index is 1.88. The van der Waals surface area contributed by atoms with Crippen LogP contribution < -0.4 is 0 Å². The molecule has 25 heavy (non-hydrogen) atoms. The highest BCUT2D eigenvalue weighted by atomic mass is 16.1. The van der Waals surface area contributed by atoms with Gasteiger partial charge in [-0.15, -0.1) is 0 Å². The zero-order valence-corrected chi connectivity index (χ0v) is 14.8. The van der Waals surface area contributed by atoms with Gasteiger partial charge in [0, 0.05) is 17.9 Å². The van der Waals surface area contributed by atoms with E-state index >= 15 is 0 Å². The first-order valence-corrected chi connectivity index (χ1v) is 9.27. The Hall–Kier alpha value is -2.22. The molecule has 0 amide bonds. The van der Waals surface area contributed by atoms with E-state index < -0.39 is 0 Å². The Bertz CT molecular complexity index is 693. The smallest absolute Gasteiger partial charge is 0.163 e. The molecule has 0 heterocycles. The van der Waals surface area contributed by atoms with E-state index in [2.05, 4.69) is 19.1 Å². The van der Waals surface area contributed by atoms with E-state index in [0.29, 0.717) is 12.3 Å². The minimum Gasteiger partial charge on any atom is -0.303 e. The second-order valence-corrected chi connectivity index (χ2v) is 7.39. The third-order valence-electron chi connectivity index (χ3n) is 5.64. The van der Waals surface area contributed by atoms with Crippen LogP contribution in [-0.4, -0.2) is 12.1 Å². The first-order valence-electron chi connectivity index (χ1n) is 9.27. The molecule has 1 aliphatic rings. The van der Waals surface area contributed by atoms with Crippen molar-refractivity contribution >= 4 is 12.1 Å². The lowest BCUT2D eigenvalue weighted by atomic mass is 9.66. The summed E-state index contributed by atoms with van der Waals surface area (Å²) < 4.78 is 0. The van der Waals surface area contributed by atoms with Crippen LogP contribution in [0.2, 0.25) is 0 Å². The van der Waals surface area contributed by atoms with Crippen molar-refractivity contribution in [2.75, 3.05) is 0 Å². The van der Waals surface area contributed by atoms with Crippen LogP contribution in [0.3, 0.4) is 0 Å². The van der Waals surface area contributed by atoms with Crippen molar-refractivity contribution < 1.29 is 9.59 Å². The summed E-state index contributed by atoms with van der Waals surface area (Å²) >= 11 is 0. The molecule has 130 valence electrons. The predicted octanol–water partition coefficient (Wildman–Crippen LogP) is 5.29. The van der Waals surface area contributed by atoms with Gasteiger partial charge in [-0.3, -0.25) is 4.79 Å². The number of Topliss-reactive ketones (excluding diaryl/α,β-unsaturated/α-hetero) is 1. The van der Waals surface area contributed by atoms with Crippen molar-refractivity contribution in [3.8, 4) is 0 Å². The summed E-state index contributed by atoms with van der Waals surface area (Å²) in [7, 11) is 0. The molecule has 0 radical (unpaired) electrons. The van der Waals surface area contributed by atoms with E-state index in [1.54, 1.807) is 0 Å². The third-order valence-corrected chi connectivity index (χ3v) is 5.64. The maximum atomic E-state index is 12.8. The van der Waals surface area contributed by atoms with Gasteiger partial charge in [0.05, 0.1) is 0 Å². The second kappa shape index (κ2) is 8.24. The van der Waals surface area contributed by atoms with Crippen LogP contribution in [0.1, 0.15) is 54.4 Å². The molecule has 2 nitrogen and oxygen atoms in total. The molecule has 2 aromatic rings. The molecule has 1 aliphatic carbocycles. The van der Waals surface area contributed by atoms with Crippen molar-refractivity contribution in [2.45, 2.75) is 38.5 Å². The quantitative estimate of drug-likeness (QED) is 0.531. The molecule has 0 N–H and O–H groups in total. The zero-order valence-electron chi connectivity index (χ0n) is 14.8. The van der Waals surface area contributed by atoms with Crippen molar-refractivity contribution in [1.29, 1.82) is 0 Å². The molecule has 1 fully saturated rings. The van der Waals surface area contributed by atoms with Crippen LogP contribution in [0.25, 0.3) is 0 Å². The van der Waals surface area contributed by atoms with Crippen LogP contribution >= 0.6 is 0 Å². The number of carbonyl (C=O) groups is 2. The van der Waals surface area contributed by atoms with Crippen molar-refractivity contribution in [3.63, 3.8) is 0 Å². The molecule has 2 heteroatoms. The largest absolute Gasteiger partial charge is 0.303 e. The molecule has 0 bridgehead atoms. The van der Waals surface area contributed by atoms with Crippen LogP contribution in [-0.2, 0) is 4.79 Å². The SMILES string of the molecule is CC1CCC(C(CC(=O)c2ccccc2)c2ccccc2)C(C=O)C1. The summed E-state index contributed by atoms with van der Waals surface area (Å²) in [5.41, 5.74) is 1.94. The van der Waals surface area contributed by atoms with E-state index in [-0.39, 0.29) is 23.5 Å². The van der Waals surface area contributed by atoms with Crippen LogP contribution in [0.5, 0.6) is 0 Å². The fourth-order valence-electron chi connectivity index (χ4n) is 4.26. The lowest BCUT2D eigenvalue weighted by molar-refractivity contribution is -0.114. The van der Waals surface area contributed by atoms with Gasteiger partial charge in [0.2, 0.25) is 0 Å². The van der Waals surface area contributed by atoms with E-state index in [4.69, 9.17) is 0 Å². The summed E-state index contributed by atoms with van der Waals surface area (Å²) in [6.07, 6.45) is 4.70.